The van der Waals surface area contributed by atoms with Crippen LogP contribution >= 0.6 is 0 Å². The number of aromatic nitrogens is 4. The maximum Gasteiger partial charge on any atom is 0.410 e. The molecule has 13 nitrogen and oxygen atoms in total. The van der Waals surface area contributed by atoms with Crippen LogP contribution in [0.2, 0.25) is 0 Å². The zero-order valence-corrected chi connectivity index (χ0v) is 25.6. The molecule has 14 heteroatoms. The summed E-state index contributed by atoms with van der Waals surface area (Å²) < 4.78 is 131. The van der Waals surface area contributed by atoms with Crippen LogP contribution in [0, 0.1) is 5.82 Å². The number of halogens is 1. The van der Waals surface area contributed by atoms with Crippen LogP contribution in [-0.4, -0.2) is 74.1 Å². The van der Waals surface area contributed by atoms with Gasteiger partial charge in [0.15, 0.2) is 11.5 Å². The van der Waals surface area contributed by atoms with Gasteiger partial charge in [0.25, 0.3) is 0 Å². The van der Waals surface area contributed by atoms with Crippen molar-refractivity contribution in [3.05, 3.63) is 54.7 Å². The Hall–Kier alpha value is -5.14. The molecule has 4 aromatic rings. The van der Waals surface area contributed by atoms with E-state index in [2.05, 4.69) is 20.4 Å². The van der Waals surface area contributed by atoms with Crippen LogP contribution in [0.4, 0.5) is 25.5 Å². The number of carbonyl (C=O) groups excluding carboxylic acids is 2. The van der Waals surface area contributed by atoms with E-state index in [4.69, 9.17) is 35.4 Å². The highest BCUT2D eigenvalue weighted by Crippen LogP contribution is 2.37. The molecule has 47 heavy (non-hydrogen) atoms. The maximum atomic E-state index is 15.5. The van der Waals surface area contributed by atoms with Crippen molar-refractivity contribution < 1.29 is 49.4 Å². The van der Waals surface area contributed by atoms with Crippen molar-refractivity contribution in [3.8, 4) is 23.1 Å². The van der Waals surface area contributed by atoms with Gasteiger partial charge in [-0.1, -0.05) is 0 Å². The molecule has 1 aliphatic rings. The van der Waals surface area contributed by atoms with Gasteiger partial charge in [-0.05, 0) is 59.5 Å². The van der Waals surface area contributed by atoms with Gasteiger partial charge in [0.1, 0.15) is 35.4 Å². The highest BCUT2D eigenvalue weighted by atomic mass is 19.1. The molecule has 0 unspecified atom stereocenters. The normalized spacial score (nSPS) is 18.9. The van der Waals surface area contributed by atoms with Gasteiger partial charge in [-0.2, -0.15) is 4.68 Å². The van der Waals surface area contributed by atoms with Crippen LogP contribution in [0.5, 0.6) is 23.1 Å². The fraction of sp³-hybridized carbons (Fsp3) is 0.424. The van der Waals surface area contributed by atoms with Crippen molar-refractivity contribution in [1.29, 1.82) is 0 Å². The molecule has 2 aromatic heterocycles. The van der Waals surface area contributed by atoms with Gasteiger partial charge >= 0.3 is 12.1 Å². The molecular formula is C33H40FN7O6. The predicted octanol–water partition coefficient (Wildman–Crippen LogP) is 6.64. The summed E-state index contributed by atoms with van der Waals surface area (Å²) >= 11 is 0. The number of methoxy groups -OCH3 is 1. The smallest absolute Gasteiger partial charge is 0.410 e. The maximum absolute atomic E-state index is 15.5. The number of amides is 2. The Morgan fingerprint density at radius 2 is 1.83 bits per heavy atom. The van der Waals surface area contributed by atoms with Crippen LogP contribution in [-0.2, 0) is 4.74 Å². The predicted molar refractivity (Wildman–Crippen MR) is 173 cm³/mol. The molecule has 3 heterocycles. The van der Waals surface area contributed by atoms with Crippen LogP contribution in [0.3, 0.4) is 0 Å². The SMILES string of the molecule is [2H]C([2H])([2H])Oc1cc2ncnc(Nc3ccc(Oc4ccn(C(=O)NC(C([2H])([2H])[2H])(C([2H])([2H])[2H])C([2H])([2H])[2H])n4)cc3F)c2cc1OC1CCN(C(=O)OC(C)(C)C)CC1. The van der Waals surface area contributed by atoms with Crippen LogP contribution in [0.15, 0.2) is 48.9 Å². The zero-order valence-electron chi connectivity index (χ0n) is 37.6. The molecule has 5 rings (SSSR count). The number of fused-ring (bicyclic) bond motifs is 1. The number of rotatable bonds is 7. The molecule has 0 radical (unpaired) electrons. The minimum Gasteiger partial charge on any atom is -0.493 e. The number of piperidine rings is 1. The van der Waals surface area contributed by atoms with E-state index >= 15 is 4.39 Å². The third kappa shape index (κ3) is 8.57. The fourth-order valence-corrected chi connectivity index (χ4v) is 4.60. The van der Waals surface area contributed by atoms with Gasteiger partial charge in [0, 0.05) is 73.6 Å². The molecule has 2 aromatic carbocycles. The quantitative estimate of drug-likeness (QED) is 0.221. The first-order valence-corrected chi connectivity index (χ1v) is 14.3. The number of anilines is 2. The van der Waals surface area contributed by atoms with Crippen molar-refractivity contribution >= 4 is 34.5 Å². The molecule has 0 aliphatic carbocycles. The molecular weight excluding hydrogens is 609 g/mol. The summed E-state index contributed by atoms with van der Waals surface area (Å²) in [6.07, 6.45) is 2.00. The number of nitrogens with zero attached hydrogens (tertiary/aromatic N) is 5. The summed E-state index contributed by atoms with van der Waals surface area (Å²) in [5, 5.41) is 8.58. The first-order valence-electron chi connectivity index (χ1n) is 20.3. The lowest BCUT2D eigenvalue weighted by molar-refractivity contribution is 0.0124. The van der Waals surface area contributed by atoms with Gasteiger partial charge in [-0.25, -0.2) is 23.9 Å². The Balaban J connectivity index is 1.34. The van der Waals surface area contributed by atoms with Crippen LogP contribution in [0.25, 0.3) is 10.9 Å². The summed E-state index contributed by atoms with van der Waals surface area (Å²) in [5.74, 6) is -1.31. The second-order valence-corrected chi connectivity index (χ2v) is 11.6. The van der Waals surface area contributed by atoms with Crippen LogP contribution in [0.1, 0.15) is 70.6 Å². The Morgan fingerprint density at radius 3 is 2.53 bits per heavy atom. The van der Waals surface area contributed by atoms with E-state index in [0.29, 0.717) is 36.0 Å². The first kappa shape index (κ1) is 20.9. The Kier molecular flexibility index (Phi) is 5.91. The van der Waals surface area contributed by atoms with Gasteiger partial charge in [0.05, 0.1) is 22.4 Å². The molecule has 0 saturated carbocycles. The van der Waals surface area contributed by atoms with E-state index in [-0.39, 0.29) is 40.2 Å². The van der Waals surface area contributed by atoms with E-state index in [1.807, 2.05) is 0 Å². The minimum absolute atomic E-state index is 0.0421. The van der Waals surface area contributed by atoms with E-state index in [0.717, 1.165) is 24.7 Å². The summed E-state index contributed by atoms with van der Waals surface area (Å²) in [5.41, 5.74) is -4.20. The number of ether oxygens (including phenoxy) is 4. The molecule has 2 N–H and O–H groups in total. The van der Waals surface area contributed by atoms with Crippen molar-refractivity contribution in [2.75, 3.05) is 25.4 Å². The number of carbonyl (C=O) groups is 2. The highest BCUT2D eigenvalue weighted by molar-refractivity contribution is 5.93. The van der Waals surface area contributed by atoms with Gasteiger partial charge in [0.2, 0.25) is 5.88 Å². The average molecular weight is 662 g/mol. The number of likely N-dealkylation sites (tertiary alicyclic amines) is 1. The number of nitrogens with one attached hydrogen (secondary N) is 2. The molecule has 1 aliphatic heterocycles. The molecule has 1 saturated heterocycles. The Bertz CT molecular complexity index is 2140. The Labute approximate surface area is 289 Å². The Morgan fingerprint density at radius 1 is 1.04 bits per heavy atom. The summed E-state index contributed by atoms with van der Waals surface area (Å²) in [6.45, 7) is -5.16. The van der Waals surface area contributed by atoms with E-state index in [1.165, 1.54) is 24.3 Å². The third-order valence-electron chi connectivity index (χ3n) is 6.68. The monoisotopic (exact) mass is 661 g/mol. The van der Waals surface area contributed by atoms with Crippen molar-refractivity contribution in [2.45, 2.75) is 71.4 Å². The fourth-order valence-electron chi connectivity index (χ4n) is 4.60. The number of benzene rings is 2. The molecule has 0 bridgehead atoms. The van der Waals surface area contributed by atoms with Crippen molar-refractivity contribution in [1.82, 2.24) is 30.0 Å². The average Bonchev–Trinajstić information content (AvgIpc) is 3.54. The molecule has 1 fully saturated rings. The lowest BCUT2D eigenvalue weighted by Gasteiger charge is -2.33. The lowest BCUT2D eigenvalue weighted by atomic mass is 10.1. The zero-order chi connectivity index (χ0) is 43.9. The molecule has 0 atom stereocenters. The lowest BCUT2D eigenvalue weighted by Crippen LogP contribution is -2.44. The second kappa shape index (κ2) is 13.3. The van der Waals surface area contributed by atoms with Gasteiger partial charge in [-0.3, -0.25) is 0 Å². The first-order chi connectivity index (χ1) is 27.1. The van der Waals surface area contributed by atoms with E-state index < -0.39 is 62.8 Å². The summed E-state index contributed by atoms with van der Waals surface area (Å²) in [6, 6.07) is 5.96. The number of hydrogen-bond acceptors (Lipinski definition) is 10. The minimum atomic E-state index is -3.70. The van der Waals surface area contributed by atoms with Gasteiger partial charge in [-0.15, -0.1) is 5.10 Å². The molecule has 0 spiro atoms. The van der Waals surface area contributed by atoms with Crippen molar-refractivity contribution in [3.63, 3.8) is 0 Å². The summed E-state index contributed by atoms with van der Waals surface area (Å²) in [7, 11) is -2.84. The molecule has 2 amide bonds. The van der Waals surface area contributed by atoms with Gasteiger partial charge < -0.3 is 34.5 Å². The van der Waals surface area contributed by atoms with E-state index in [1.54, 1.807) is 31.0 Å². The summed E-state index contributed by atoms with van der Waals surface area (Å²) in [4.78, 5) is 35.5. The van der Waals surface area contributed by atoms with Crippen LogP contribution < -0.4 is 24.8 Å². The standard InChI is InChI=1S/C33H40FN7O6/c1-32(2,3)38-30(42)41-15-12-28(39-41)46-21-8-9-24(23(34)16-21)37-29-22-17-27(26(44-7)18-25(22)35-19-36-29)45-20-10-13-40(14-11-20)31(43)47-33(4,5)6/h8-9,12,15-20H,10-11,13-14H2,1-7H3,(H,38,42)(H,35,36,37)/i1D3,2D3,3D3,7D3. The topological polar surface area (TPSA) is 142 Å². The largest absolute Gasteiger partial charge is 0.493 e. The highest BCUT2D eigenvalue weighted by Gasteiger charge is 2.28. The van der Waals surface area contributed by atoms with E-state index in [9.17, 15) is 9.59 Å². The van der Waals surface area contributed by atoms with Crippen molar-refractivity contribution in [2.24, 2.45) is 0 Å². The third-order valence-corrected chi connectivity index (χ3v) is 6.68. The molecule has 250 valence electrons. The number of hydrogen-bond donors (Lipinski definition) is 2. The second-order valence-electron chi connectivity index (χ2n) is 11.6.